The van der Waals surface area contributed by atoms with E-state index in [-0.39, 0.29) is 13.8 Å². The predicted octanol–water partition coefficient (Wildman–Crippen LogP) is 3.37. The fourth-order valence-corrected chi connectivity index (χ4v) is 5.93. The van der Waals surface area contributed by atoms with Crippen LogP contribution in [0.3, 0.4) is 0 Å². The second kappa shape index (κ2) is 6.13. The van der Waals surface area contributed by atoms with E-state index in [1.54, 1.807) is 10.2 Å². The zero-order valence-corrected chi connectivity index (χ0v) is 14.5. The van der Waals surface area contributed by atoms with Crippen molar-refractivity contribution in [3.05, 3.63) is 46.5 Å². The Balaban J connectivity index is 2.17. The average molecular weight is 353 g/mol. The van der Waals surface area contributed by atoms with Crippen LogP contribution in [0.1, 0.15) is 22.3 Å². The van der Waals surface area contributed by atoms with Crippen molar-refractivity contribution in [2.75, 3.05) is 0 Å². The number of benzene rings is 2. The SMILES string of the molecule is Cc1cc(S[Se]c2cc(C)c(O)c(C)c2)cc(C)c1O. The molecule has 0 aliphatic rings. The molecule has 2 aromatic carbocycles. The van der Waals surface area contributed by atoms with Gasteiger partial charge in [-0.25, -0.2) is 0 Å². The second-order valence-electron chi connectivity index (χ2n) is 4.98. The molecule has 0 unspecified atom stereocenters. The average Bonchev–Trinajstić information content (AvgIpc) is 2.39. The molecule has 0 aromatic heterocycles. The third kappa shape index (κ3) is 3.32. The summed E-state index contributed by atoms with van der Waals surface area (Å²) in [4.78, 5) is 1.18. The summed E-state index contributed by atoms with van der Waals surface area (Å²) in [6.45, 7) is 7.71. The van der Waals surface area contributed by atoms with Gasteiger partial charge in [-0.1, -0.05) is 0 Å². The molecular weight excluding hydrogens is 335 g/mol. The summed E-state index contributed by atoms with van der Waals surface area (Å²) in [5.41, 5.74) is 3.70. The minimum atomic E-state index is 0.249. The minimum absolute atomic E-state index is 0.249. The Bertz CT molecular complexity index is 549. The predicted molar refractivity (Wildman–Crippen MR) is 86.4 cm³/mol. The van der Waals surface area contributed by atoms with E-state index < -0.39 is 0 Å². The molecular formula is C16H18O2SSe. The van der Waals surface area contributed by atoms with Crippen molar-refractivity contribution in [3.63, 3.8) is 0 Å². The van der Waals surface area contributed by atoms with Crippen LogP contribution in [0.2, 0.25) is 0 Å². The molecule has 0 radical (unpaired) electrons. The first-order chi connectivity index (χ1) is 9.38. The van der Waals surface area contributed by atoms with Crippen molar-refractivity contribution in [1.82, 2.24) is 0 Å². The van der Waals surface area contributed by atoms with E-state index in [0.717, 1.165) is 22.3 Å². The van der Waals surface area contributed by atoms with Crippen molar-refractivity contribution >= 4 is 28.5 Å². The van der Waals surface area contributed by atoms with E-state index >= 15 is 0 Å². The summed E-state index contributed by atoms with van der Waals surface area (Å²) in [6.07, 6.45) is 0. The molecule has 2 nitrogen and oxygen atoms in total. The van der Waals surface area contributed by atoms with E-state index in [1.807, 2.05) is 39.8 Å². The molecule has 2 aromatic rings. The Hall–Kier alpha value is -1.09. The zero-order valence-electron chi connectivity index (χ0n) is 12.0. The van der Waals surface area contributed by atoms with Gasteiger partial charge in [0.1, 0.15) is 0 Å². The van der Waals surface area contributed by atoms with Gasteiger partial charge in [0, 0.05) is 0 Å². The van der Waals surface area contributed by atoms with Crippen molar-refractivity contribution in [1.29, 1.82) is 0 Å². The number of rotatable bonds is 3. The molecule has 2 N–H and O–H groups in total. The zero-order chi connectivity index (χ0) is 14.9. The summed E-state index contributed by atoms with van der Waals surface area (Å²) >= 11 is 0.249. The number of hydrogen-bond donors (Lipinski definition) is 2. The normalized spacial score (nSPS) is 10.8. The van der Waals surface area contributed by atoms with Gasteiger partial charge in [-0.15, -0.1) is 0 Å². The topological polar surface area (TPSA) is 40.5 Å². The van der Waals surface area contributed by atoms with Crippen molar-refractivity contribution in [2.24, 2.45) is 0 Å². The Labute approximate surface area is 129 Å². The van der Waals surface area contributed by atoms with E-state index in [1.165, 1.54) is 9.36 Å². The molecule has 0 saturated heterocycles. The summed E-state index contributed by atoms with van der Waals surface area (Å²) in [7, 11) is 1.80. The van der Waals surface area contributed by atoms with Gasteiger partial charge in [-0.2, -0.15) is 0 Å². The van der Waals surface area contributed by atoms with Gasteiger partial charge in [0.25, 0.3) is 0 Å². The van der Waals surface area contributed by atoms with E-state index in [9.17, 15) is 10.2 Å². The quantitative estimate of drug-likeness (QED) is 0.832. The molecule has 0 saturated carbocycles. The molecule has 0 atom stereocenters. The molecule has 0 aliphatic carbocycles. The Morgan fingerprint density at radius 3 is 1.60 bits per heavy atom. The van der Waals surface area contributed by atoms with Crippen LogP contribution in [0.5, 0.6) is 11.5 Å². The number of aryl methyl sites for hydroxylation is 4. The molecule has 0 amide bonds. The van der Waals surface area contributed by atoms with Crippen LogP contribution >= 0.6 is 10.2 Å². The first-order valence-electron chi connectivity index (χ1n) is 6.33. The first-order valence-corrected chi connectivity index (χ1v) is 10.0. The van der Waals surface area contributed by atoms with Gasteiger partial charge in [-0.05, 0) is 0 Å². The van der Waals surface area contributed by atoms with Crippen LogP contribution in [0.25, 0.3) is 0 Å². The van der Waals surface area contributed by atoms with Crippen LogP contribution in [0.15, 0.2) is 29.2 Å². The Morgan fingerprint density at radius 2 is 1.15 bits per heavy atom. The molecule has 106 valence electrons. The molecule has 4 heteroatoms. The number of phenols is 2. The van der Waals surface area contributed by atoms with Crippen LogP contribution < -0.4 is 4.46 Å². The van der Waals surface area contributed by atoms with Crippen molar-refractivity contribution in [2.45, 2.75) is 32.6 Å². The summed E-state index contributed by atoms with van der Waals surface area (Å²) in [5, 5.41) is 19.6. The van der Waals surface area contributed by atoms with E-state index in [4.69, 9.17) is 0 Å². The number of aromatic hydroxyl groups is 2. The van der Waals surface area contributed by atoms with E-state index in [2.05, 4.69) is 12.1 Å². The molecule has 0 heterocycles. The fraction of sp³-hybridized carbons (Fsp3) is 0.250. The van der Waals surface area contributed by atoms with Gasteiger partial charge in [0.15, 0.2) is 0 Å². The maximum atomic E-state index is 9.79. The van der Waals surface area contributed by atoms with E-state index in [0.29, 0.717) is 11.5 Å². The van der Waals surface area contributed by atoms with Crippen LogP contribution in [-0.2, 0) is 0 Å². The summed E-state index contributed by atoms with van der Waals surface area (Å²) in [6, 6.07) is 8.15. The first kappa shape index (κ1) is 15.3. The summed E-state index contributed by atoms with van der Waals surface area (Å²) < 4.78 is 1.26. The van der Waals surface area contributed by atoms with Gasteiger partial charge in [-0.3, -0.25) is 0 Å². The van der Waals surface area contributed by atoms with Gasteiger partial charge >= 0.3 is 129 Å². The van der Waals surface area contributed by atoms with Gasteiger partial charge < -0.3 is 0 Å². The van der Waals surface area contributed by atoms with Crippen LogP contribution in [0, 0.1) is 27.7 Å². The Kier molecular flexibility index (Phi) is 4.69. The molecule has 20 heavy (non-hydrogen) atoms. The van der Waals surface area contributed by atoms with Crippen LogP contribution in [0.4, 0.5) is 0 Å². The third-order valence-electron chi connectivity index (χ3n) is 3.16. The van der Waals surface area contributed by atoms with Crippen LogP contribution in [-0.4, -0.2) is 24.0 Å². The fourth-order valence-electron chi connectivity index (χ4n) is 2.02. The molecule has 2 rings (SSSR count). The maximum absolute atomic E-state index is 9.79. The number of hydrogen-bond acceptors (Lipinski definition) is 3. The van der Waals surface area contributed by atoms with Crippen molar-refractivity contribution in [3.8, 4) is 11.5 Å². The molecule has 0 fully saturated rings. The van der Waals surface area contributed by atoms with Gasteiger partial charge in [0.2, 0.25) is 0 Å². The monoisotopic (exact) mass is 354 g/mol. The van der Waals surface area contributed by atoms with Crippen molar-refractivity contribution < 1.29 is 10.2 Å². The second-order valence-corrected chi connectivity index (χ2v) is 8.87. The molecule has 0 bridgehead atoms. The molecule has 0 spiro atoms. The molecule has 0 aliphatic heterocycles. The number of phenolic OH excluding ortho intramolecular Hbond substituents is 2. The Morgan fingerprint density at radius 1 is 0.750 bits per heavy atom. The summed E-state index contributed by atoms with van der Waals surface area (Å²) in [5.74, 6) is 0.782. The third-order valence-corrected chi connectivity index (χ3v) is 7.31. The standard InChI is InChI=1S/C16H18O2SSe/c1-9-5-13(6-10(2)15(9)17)19-20-14-7-11(3)16(18)12(4)8-14/h5-8,17-18H,1-4H3. The van der Waals surface area contributed by atoms with Gasteiger partial charge in [0.05, 0.1) is 0 Å².